The molecule has 0 aliphatic carbocycles. The van der Waals surface area contributed by atoms with Crippen molar-refractivity contribution in [3.8, 4) is 0 Å². The Labute approximate surface area is 162 Å². The first-order valence-corrected chi connectivity index (χ1v) is 9.98. The maximum Gasteiger partial charge on any atom is 0.271 e. The summed E-state index contributed by atoms with van der Waals surface area (Å²) in [6.07, 6.45) is 1.23. The molecule has 0 N–H and O–H groups in total. The van der Waals surface area contributed by atoms with Gasteiger partial charge in [-0.2, -0.15) is 0 Å². The van der Waals surface area contributed by atoms with Gasteiger partial charge in [-0.05, 0) is 43.3 Å². The molecule has 0 saturated heterocycles. The summed E-state index contributed by atoms with van der Waals surface area (Å²) in [6.45, 7) is 1.87. The minimum absolute atomic E-state index is 0.0663. The largest absolute Gasteiger partial charge is 0.271 e. The van der Waals surface area contributed by atoms with Gasteiger partial charge in [0.15, 0.2) is 5.82 Å². The number of fused-ring (bicyclic) bond motifs is 1. The van der Waals surface area contributed by atoms with E-state index in [0.717, 1.165) is 27.4 Å². The van der Waals surface area contributed by atoms with Gasteiger partial charge in [0.05, 0.1) is 10.4 Å². The Hall–Kier alpha value is -3.32. The topological polar surface area (TPSA) is 63.2 Å². The lowest BCUT2D eigenvalue weighted by atomic mass is 10.2. The summed E-state index contributed by atoms with van der Waals surface area (Å²) in [5.74, 6) is -0.518. The molecule has 0 aliphatic rings. The summed E-state index contributed by atoms with van der Waals surface area (Å²) < 4.78 is 41.7. The number of sulfonamides is 1. The minimum Gasteiger partial charge on any atom is -0.238 e. The van der Waals surface area contributed by atoms with Gasteiger partial charge in [0.25, 0.3) is 10.0 Å². The number of nitrogens with zero attached hydrogens (tertiary/aromatic N) is 3. The third-order valence-corrected chi connectivity index (χ3v) is 5.99. The zero-order valence-electron chi connectivity index (χ0n) is 14.9. The summed E-state index contributed by atoms with van der Waals surface area (Å²) in [5.41, 5.74) is 1.55. The number of pyridine rings is 2. The lowest BCUT2D eigenvalue weighted by Crippen LogP contribution is -2.28. The van der Waals surface area contributed by atoms with Crippen molar-refractivity contribution in [2.75, 3.05) is 4.31 Å². The third-order valence-electron chi connectivity index (χ3n) is 4.27. The molecule has 2 aromatic carbocycles. The molecule has 5 nitrogen and oxygen atoms in total. The van der Waals surface area contributed by atoms with Crippen LogP contribution in [0.25, 0.3) is 10.9 Å². The van der Waals surface area contributed by atoms with E-state index in [-0.39, 0.29) is 16.5 Å². The Kier molecular flexibility index (Phi) is 4.52. The number of anilines is 2. The molecule has 4 aromatic rings. The molecule has 0 saturated carbocycles. The van der Waals surface area contributed by atoms with Crippen molar-refractivity contribution in [2.24, 2.45) is 0 Å². The van der Waals surface area contributed by atoms with Gasteiger partial charge < -0.3 is 0 Å². The summed E-state index contributed by atoms with van der Waals surface area (Å²) in [6, 6.07) is 19.4. The van der Waals surface area contributed by atoms with Crippen molar-refractivity contribution in [3.05, 3.63) is 90.4 Å². The highest BCUT2D eigenvalue weighted by Gasteiger charge is 2.29. The highest BCUT2D eigenvalue weighted by Crippen LogP contribution is 2.31. The van der Waals surface area contributed by atoms with Crippen molar-refractivity contribution in [1.29, 1.82) is 0 Å². The molecule has 0 bridgehead atoms. The maximum atomic E-state index is 13.9. The Morgan fingerprint density at radius 3 is 2.39 bits per heavy atom. The monoisotopic (exact) mass is 393 g/mol. The van der Waals surface area contributed by atoms with E-state index in [4.69, 9.17) is 0 Å². The second-order valence-corrected chi connectivity index (χ2v) is 8.06. The Morgan fingerprint density at radius 1 is 0.893 bits per heavy atom. The van der Waals surface area contributed by atoms with E-state index in [0.29, 0.717) is 5.52 Å². The van der Waals surface area contributed by atoms with Crippen molar-refractivity contribution in [3.63, 3.8) is 0 Å². The Bertz CT molecular complexity index is 1260. The number of hydrogen-bond donors (Lipinski definition) is 0. The lowest BCUT2D eigenvalue weighted by molar-refractivity contribution is 0.595. The fourth-order valence-corrected chi connectivity index (χ4v) is 4.24. The van der Waals surface area contributed by atoms with Crippen LogP contribution in [0.4, 0.5) is 16.0 Å². The van der Waals surface area contributed by atoms with Gasteiger partial charge in [-0.3, -0.25) is 0 Å². The van der Waals surface area contributed by atoms with Crippen LogP contribution in [0.3, 0.4) is 0 Å². The molecule has 0 atom stereocenters. The van der Waals surface area contributed by atoms with Crippen molar-refractivity contribution in [2.45, 2.75) is 11.8 Å². The molecule has 2 aromatic heterocycles. The van der Waals surface area contributed by atoms with Crippen LogP contribution in [-0.4, -0.2) is 18.4 Å². The zero-order valence-corrected chi connectivity index (χ0v) is 15.8. The molecule has 0 unspecified atom stereocenters. The number of aryl methyl sites for hydroxylation is 1. The van der Waals surface area contributed by atoms with Crippen molar-refractivity contribution in [1.82, 2.24) is 9.97 Å². The second-order valence-electron chi connectivity index (χ2n) is 6.28. The fraction of sp³-hybridized carbons (Fsp3) is 0.0476. The van der Waals surface area contributed by atoms with Crippen LogP contribution < -0.4 is 4.31 Å². The average Bonchev–Trinajstić information content (AvgIpc) is 2.68. The molecular weight excluding hydrogens is 377 g/mol. The third kappa shape index (κ3) is 3.32. The van der Waals surface area contributed by atoms with Crippen molar-refractivity contribution >= 4 is 32.6 Å². The molecule has 0 spiro atoms. The van der Waals surface area contributed by atoms with Gasteiger partial charge in [0.2, 0.25) is 0 Å². The molecule has 140 valence electrons. The normalized spacial score (nSPS) is 11.5. The summed E-state index contributed by atoms with van der Waals surface area (Å²) in [5, 5.41) is 0.867. The van der Waals surface area contributed by atoms with Crippen LogP contribution in [0.15, 0.2) is 83.9 Å². The molecule has 0 aliphatic heterocycles. The van der Waals surface area contributed by atoms with Gasteiger partial charge in [0.1, 0.15) is 11.6 Å². The molecule has 28 heavy (non-hydrogen) atoms. The molecule has 4 rings (SSSR count). The van der Waals surface area contributed by atoms with Gasteiger partial charge in [0, 0.05) is 17.6 Å². The number of benzene rings is 2. The number of rotatable bonds is 4. The number of hydrogen-bond acceptors (Lipinski definition) is 4. The number of aromatic nitrogens is 2. The summed E-state index contributed by atoms with van der Waals surface area (Å²) >= 11 is 0. The smallest absolute Gasteiger partial charge is 0.238 e. The van der Waals surface area contributed by atoms with Crippen LogP contribution in [0.2, 0.25) is 0 Å². The standard InChI is InChI=1S/C21H16FN3O2S/c1-15-6-9-18(10-7-15)28(26,27)25(21-14-17(22)12-13-23-21)20-11-8-16-4-2-3-5-19(16)24-20/h2-14H,1H3. The van der Waals surface area contributed by atoms with Crippen LogP contribution in [0.1, 0.15) is 5.56 Å². The highest BCUT2D eigenvalue weighted by molar-refractivity contribution is 7.93. The minimum atomic E-state index is -4.07. The van der Waals surface area contributed by atoms with Crippen LogP contribution in [0.5, 0.6) is 0 Å². The Balaban J connectivity index is 1.94. The van der Waals surface area contributed by atoms with E-state index in [9.17, 15) is 12.8 Å². The quantitative estimate of drug-likeness (QED) is 0.508. The van der Waals surface area contributed by atoms with Gasteiger partial charge in [-0.25, -0.2) is 27.1 Å². The van der Waals surface area contributed by atoms with E-state index in [2.05, 4.69) is 9.97 Å². The summed E-state index contributed by atoms with van der Waals surface area (Å²) in [7, 11) is -4.07. The van der Waals surface area contributed by atoms with Crippen molar-refractivity contribution < 1.29 is 12.8 Å². The molecule has 0 radical (unpaired) electrons. The van der Waals surface area contributed by atoms with E-state index in [1.54, 1.807) is 30.3 Å². The first-order chi connectivity index (χ1) is 13.4. The highest BCUT2D eigenvalue weighted by atomic mass is 32.2. The zero-order chi connectivity index (χ0) is 19.7. The molecule has 0 amide bonds. The SMILES string of the molecule is Cc1ccc(S(=O)(=O)N(c2cc(F)ccn2)c2ccc3ccccc3n2)cc1. The predicted octanol–water partition coefficient (Wildman–Crippen LogP) is 4.60. The Morgan fingerprint density at radius 2 is 1.64 bits per heavy atom. The molecule has 0 fully saturated rings. The number of halogens is 1. The summed E-state index contributed by atoms with van der Waals surface area (Å²) in [4.78, 5) is 8.62. The predicted molar refractivity (Wildman–Crippen MR) is 106 cm³/mol. The van der Waals surface area contributed by atoms with Gasteiger partial charge >= 0.3 is 0 Å². The second kappa shape index (κ2) is 7.01. The first-order valence-electron chi connectivity index (χ1n) is 8.54. The van der Waals surface area contributed by atoms with Crippen LogP contribution in [0, 0.1) is 12.7 Å². The van der Waals surface area contributed by atoms with E-state index < -0.39 is 15.8 Å². The fourth-order valence-electron chi connectivity index (χ4n) is 2.85. The van der Waals surface area contributed by atoms with E-state index in [1.807, 2.05) is 25.1 Å². The lowest BCUT2D eigenvalue weighted by Gasteiger charge is -2.23. The van der Waals surface area contributed by atoms with Crippen LogP contribution in [-0.2, 0) is 10.0 Å². The van der Waals surface area contributed by atoms with Gasteiger partial charge in [-0.1, -0.05) is 35.9 Å². The molecular formula is C21H16FN3O2S. The van der Waals surface area contributed by atoms with Crippen LogP contribution >= 0.6 is 0 Å². The maximum absolute atomic E-state index is 13.9. The molecule has 7 heteroatoms. The van der Waals surface area contributed by atoms with Gasteiger partial charge in [-0.15, -0.1) is 0 Å². The van der Waals surface area contributed by atoms with E-state index >= 15 is 0 Å². The average molecular weight is 393 g/mol. The first kappa shape index (κ1) is 18.1. The molecule has 2 heterocycles. The van der Waals surface area contributed by atoms with E-state index in [1.165, 1.54) is 18.3 Å². The number of para-hydroxylation sites is 1.